The van der Waals surface area contributed by atoms with Crippen LogP contribution in [-0.4, -0.2) is 25.7 Å². The largest absolute Gasteiger partial charge is 0.398 e. The average Bonchev–Trinajstić information content (AvgIpc) is 2.28. The number of anilines is 1. The Hall–Kier alpha value is -0.820. The fraction of sp³-hybridized carbons (Fsp3) is 0.500. The lowest BCUT2D eigenvalue weighted by atomic mass is 9.81. The van der Waals surface area contributed by atoms with E-state index in [4.69, 9.17) is 17.3 Å². The van der Waals surface area contributed by atoms with Crippen LogP contribution in [0.2, 0.25) is 5.02 Å². The predicted octanol–water partition coefficient (Wildman–Crippen LogP) is 1.42. The van der Waals surface area contributed by atoms with Gasteiger partial charge < -0.3 is 10.8 Å². The Balaban J connectivity index is 2.22. The van der Waals surface area contributed by atoms with Crippen LogP contribution in [0.15, 0.2) is 17.0 Å². The molecule has 4 N–H and O–H groups in total. The second-order valence-electron chi connectivity index (χ2n) is 5.04. The van der Waals surface area contributed by atoms with Gasteiger partial charge in [-0.15, -0.1) is 0 Å². The van der Waals surface area contributed by atoms with Gasteiger partial charge in [0.15, 0.2) is 0 Å². The van der Waals surface area contributed by atoms with Crippen molar-refractivity contribution in [3.63, 3.8) is 0 Å². The molecule has 7 heteroatoms. The number of hydrogen-bond acceptors (Lipinski definition) is 4. The molecule has 0 aromatic heterocycles. The normalized spacial score (nSPS) is 18.1. The van der Waals surface area contributed by atoms with Gasteiger partial charge in [0.2, 0.25) is 10.0 Å². The summed E-state index contributed by atoms with van der Waals surface area (Å²) >= 11 is 5.95. The van der Waals surface area contributed by atoms with Crippen molar-refractivity contribution in [2.45, 2.75) is 36.7 Å². The Labute approximate surface area is 117 Å². The van der Waals surface area contributed by atoms with Gasteiger partial charge in [-0.1, -0.05) is 11.6 Å². The summed E-state index contributed by atoms with van der Waals surface area (Å²) in [7, 11) is -3.76. The summed E-state index contributed by atoms with van der Waals surface area (Å²) < 4.78 is 26.7. The first-order valence-electron chi connectivity index (χ1n) is 6.01. The highest BCUT2D eigenvalue weighted by atomic mass is 35.5. The van der Waals surface area contributed by atoms with Gasteiger partial charge in [0.1, 0.15) is 4.90 Å². The summed E-state index contributed by atoms with van der Waals surface area (Å²) in [6.45, 7) is 1.75. The molecule has 106 valence electrons. The lowest BCUT2D eigenvalue weighted by Gasteiger charge is -2.36. The second kappa shape index (κ2) is 4.94. The molecular formula is C12H17ClN2O3S. The van der Waals surface area contributed by atoms with Gasteiger partial charge in [0.25, 0.3) is 0 Å². The highest BCUT2D eigenvalue weighted by molar-refractivity contribution is 7.89. The Morgan fingerprint density at radius 2 is 2.11 bits per heavy atom. The van der Waals surface area contributed by atoms with Crippen molar-refractivity contribution >= 4 is 27.3 Å². The molecular weight excluding hydrogens is 288 g/mol. The van der Waals surface area contributed by atoms with Crippen LogP contribution in [-0.2, 0) is 10.0 Å². The van der Waals surface area contributed by atoms with Crippen molar-refractivity contribution in [1.82, 2.24) is 4.72 Å². The van der Waals surface area contributed by atoms with Crippen LogP contribution in [0.3, 0.4) is 0 Å². The maximum Gasteiger partial charge on any atom is 0.242 e. The summed E-state index contributed by atoms with van der Waals surface area (Å²) in [4.78, 5) is -0.0554. The van der Waals surface area contributed by atoms with E-state index in [2.05, 4.69) is 4.72 Å². The molecule has 1 aliphatic rings. The van der Waals surface area contributed by atoms with Crippen LogP contribution in [0.25, 0.3) is 0 Å². The van der Waals surface area contributed by atoms with Crippen molar-refractivity contribution in [2.75, 3.05) is 12.3 Å². The molecule has 1 fully saturated rings. The van der Waals surface area contributed by atoms with Gasteiger partial charge >= 0.3 is 0 Å². The fourth-order valence-electron chi connectivity index (χ4n) is 1.94. The minimum absolute atomic E-state index is 0.000552. The van der Waals surface area contributed by atoms with E-state index >= 15 is 0 Å². The lowest BCUT2D eigenvalue weighted by molar-refractivity contribution is -0.0270. The number of benzene rings is 1. The lowest BCUT2D eigenvalue weighted by Crippen LogP contribution is -2.47. The molecule has 0 amide bonds. The zero-order chi connectivity index (χ0) is 14.3. The molecule has 0 saturated heterocycles. The number of aliphatic hydroxyl groups is 1. The zero-order valence-corrected chi connectivity index (χ0v) is 12.2. The molecule has 0 heterocycles. The number of nitrogen functional groups attached to an aromatic ring is 1. The Morgan fingerprint density at radius 3 is 2.63 bits per heavy atom. The Bertz CT molecular complexity index is 597. The third-order valence-corrected chi connectivity index (χ3v) is 5.35. The number of nitrogens with two attached hydrogens (primary N) is 1. The van der Waals surface area contributed by atoms with Crippen LogP contribution in [0.1, 0.15) is 24.8 Å². The predicted molar refractivity (Wildman–Crippen MR) is 74.6 cm³/mol. The summed E-state index contributed by atoms with van der Waals surface area (Å²) in [5.41, 5.74) is 5.88. The monoisotopic (exact) mass is 304 g/mol. The van der Waals surface area contributed by atoms with E-state index in [0.29, 0.717) is 18.5 Å². The van der Waals surface area contributed by atoms with Crippen LogP contribution in [0.5, 0.6) is 0 Å². The molecule has 1 aromatic rings. The number of nitrogens with one attached hydrogen (secondary N) is 1. The molecule has 0 unspecified atom stereocenters. The van der Waals surface area contributed by atoms with E-state index in [1.54, 1.807) is 6.92 Å². The van der Waals surface area contributed by atoms with Gasteiger partial charge in [-0.05, 0) is 43.9 Å². The number of sulfonamides is 1. The van der Waals surface area contributed by atoms with Crippen LogP contribution in [0, 0.1) is 6.92 Å². The molecule has 1 aliphatic carbocycles. The molecule has 0 aliphatic heterocycles. The van der Waals surface area contributed by atoms with Gasteiger partial charge in [0, 0.05) is 12.2 Å². The summed E-state index contributed by atoms with van der Waals surface area (Å²) in [5.74, 6) is 0. The maximum absolute atomic E-state index is 12.1. The summed E-state index contributed by atoms with van der Waals surface area (Å²) in [6, 6.07) is 2.86. The Morgan fingerprint density at radius 1 is 1.47 bits per heavy atom. The van der Waals surface area contributed by atoms with Gasteiger partial charge in [-0.2, -0.15) is 0 Å². The summed E-state index contributed by atoms with van der Waals surface area (Å²) in [6.07, 6.45) is 2.13. The van der Waals surface area contributed by atoms with Crippen molar-refractivity contribution in [2.24, 2.45) is 0 Å². The van der Waals surface area contributed by atoms with Gasteiger partial charge in [-0.25, -0.2) is 13.1 Å². The van der Waals surface area contributed by atoms with Gasteiger partial charge in [-0.3, -0.25) is 0 Å². The molecule has 1 aromatic carbocycles. The highest BCUT2D eigenvalue weighted by Gasteiger charge is 2.35. The van der Waals surface area contributed by atoms with E-state index < -0.39 is 15.6 Å². The third kappa shape index (κ3) is 3.02. The topological polar surface area (TPSA) is 92.4 Å². The highest BCUT2D eigenvalue weighted by Crippen LogP contribution is 2.32. The van der Waals surface area contributed by atoms with E-state index in [9.17, 15) is 13.5 Å². The molecule has 0 spiro atoms. The smallest absolute Gasteiger partial charge is 0.242 e. The number of aryl methyl sites for hydroxylation is 1. The SMILES string of the molecule is Cc1cc(Cl)c(S(=O)(=O)NCC2(O)CCC2)cc1N. The average molecular weight is 305 g/mol. The molecule has 2 rings (SSSR count). The van der Waals surface area contributed by atoms with Crippen molar-refractivity contribution in [1.29, 1.82) is 0 Å². The number of rotatable bonds is 4. The Kier molecular flexibility index (Phi) is 3.79. The molecule has 0 atom stereocenters. The first kappa shape index (κ1) is 14.6. The molecule has 1 saturated carbocycles. The van der Waals surface area contributed by atoms with Crippen LogP contribution in [0.4, 0.5) is 5.69 Å². The van der Waals surface area contributed by atoms with E-state index in [1.165, 1.54) is 12.1 Å². The van der Waals surface area contributed by atoms with E-state index in [1.807, 2.05) is 0 Å². The third-order valence-electron chi connectivity index (χ3n) is 3.49. The second-order valence-corrected chi connectivity index (χ2v) is 7.18. The molecule has 0 radical (unpaired) electrons. The summed E-state index contributed by atoms with van der Waals surface area (Å²) in [5, 5.41) is 10.0. The quantitative estimate of drug-likeness (QED) is 0.734. The molecule has 19 heavy (non-hydrogen) atoms. The minimum atomic E-state index is -3.76. The van der Waals surface area contributed by atoms with E-state index in [-0.39, 0.29) is 16.5 Å². The van der Waals surface area contributed by atoms with E-state index in [0.717, 1.165) is 12.0 Å². The zero-order valence-electron chi connectivity index (χ0n) is 10.6. The van der Waals surface area contributed by atoms with Crippen LogP contribution < -0.4 is 10.5 Å². The van der Waals surface area contributed by atoms with Crippen molar-refractivity contribution in [3.8, 4) is 0 Å². The number of hydrogen-bond donors (Lipinski definition) is 3. The van der Waals surface area contributed by atoms with Gasteiger partial charge in [0.05, 0.1) is 10.6 Å². The van der Waals surface area contributed by atoms with Crippen molar-refractivity contribution < 1.29 is 13.5 Å². The molecule has 5 nitrogen and oxygen atoms in total. The standard InChI is InChI=1S/C12H17ClN2O3S/c1-8-5-9(13)11(6-10(8)14)19(17,18)15-7-12(16)3-2-4-12/h5-6,15-16H,2-4,7,14H2,1H3. The fourth-order valence-corrected chi connectivity index (χ4v) is 3.68. The first-order valence-corrected chi connectivity index (χ1v) is 7.87. The first-order chi connectivity index (χ1) is 8.73. The maximum atomic E-state index is 12.1. The van der Waals surface area contributed by atoms with Crippen LogP contribution >= 0.6 is 11.6 Å². The molecule has 0 bridgehead atoms. The van der Waals surface area contributed by atoms with Crippen molar-refractivity contribution in [3.05, 3.63) is 22.7 Å². The minimum Gasteiger partial charge on any atom is -0.398 e. The number of halogens is 1.